The molecule has 1 amide bonds. The Balaban J connectivity index is 1.33. The van der Waals surface area contributed by atoms with Crippen LogP contribution in [0.2, 0.25) is 0 Å². The summed E-state index contributed by atoms with van der Waals surface area (Å²) in [6.45, 7) is 5.34. The van der Waals surface area contributed by atoms with Gasteiger partial charge in [0.05, 0.1) is 11.8 Å². The third kappa shape index (κ3) is 5.79. The number of aromatic nitrogens is 1. The topological polar surface area (TPSA) is 54.5 Å². The predicted octanol–water partition coefficient (Wildman–Crippen LogP) is 2.76. The van der Waals surface area contributed by atoms with Gasteiger partial charge in [-0.3, -0.25) is 14.7 Å². The Morgan fingerprint density at radius 1 is 1.24 bits per heavy atom. The van der Waals surface area contributed by atoms with E-state index in [-0.39, 0.29) is 24.7 Å². The van der Waals surface area contributed by atoms with Gasteiger partial charge in [0.25, 0.3) is 0 Å². The van der Waals surface area contributed by atoms with Gasteiger partial charge in [0.2, 0.25) is 5.91 Å². The molecule has 2 aliphatic rings. The van der Waals surface area contributed by atoms with Gasteiger partial charge >= 0.3 is 0 Å². The zero-order chi connectivity index (χ0) is 17.5. The number of pyridine rings is 1. The SMILES string of the molecule is C[C@H]1CCCC[C@@H]1OCC(=O)NC1CCN(Cc2ccccn2)CC1. The van der Waals surface area contributed by atoms with Crippen LogP contribution in [0.5, 0.6) is 0 Å². The molecule has 0 radical (unpaired) electrons. The van der Waals surface area contributed by atoms with E-state index in [1.54, 1.807) is 0 Å². The molecule has 0 unspecified atom stereocenters. The number of ether oxygens (including phenoxy) is 1. The van der Waals surface area contributed by atoms with Crippen LogP contribution in [0.1, 0.15) is 51.1 Å². The van der Waals surface area contributed by atoms with Crippen LogP contribution in [0.25, 0.3) is 0 Å². The summed E-state index contributed by atoms with van der Waals surface area (Å²) in [4.78, 5) is 19.0. The molecule has 1 aliphatic carbocycles. The molecule has 1 aliphatic heterocycles. The smallest absolute Gasteiger partial charge is 0.246 e. The number of rotatable bonds is 6. The Hall–Kier alpha value is -1.46. The number of carbonyl (C=O) groups excluding carboxylic acids is 1. The summed E-state index contributed by atoms with van der Waals surface area (Å²) in [6, 6.07) is 6.32. The van der Waals surface area contributed by atoms with Crippen molar-refractivity contribution in [2.75, 3.05) is 19.7 Å². The van der Waals surface area contributed by atoms with Crippen molar-refractivity contribution in [3.05, 3.63) is 30.1 Å². The molecule has 2 fully saturated rings. The van der Waals surface area contributed by atoms with Crippen molar-refractivity contribution in [3.63, 3.8) is 0 Å². The third-order valence-corrected chi connectivity index (χ3v) is 5.53. The van der Waals surface area contributed by atoms with Crippen molar-refractivity contribution in [2.24, 2.45) is 5.92 Å². The van der Waals surface area contributed by atoms with Crippen LogP contribution in [-0.4, -0.2) is 47.6 Å². The average Bonchev–Trinajstić information content (AvgIpc) is 2.64. The Labute approximate surface area is 151 Å². The highest BCUT2D eigenvalue weighted by Crippen LogP contribution is 2.26. The molecule has 1 saturated heterocycles. The largest absolute Gasteiger partial charge is 0.368 e. The minimum absolute atomic E-state index is 0.0425. The number of hydrogen-bond donors (Lipinski definition) is 1. The van der Waals surface area contributed by atoms with Gasteiger partial charge in [0, 0.05) is 31.9 Å². The first-order chi connectivity index (χ1) is 12.2. The zero-order valence-corrected chi connectivity index (χ0v) is 15.3. The van der Waals surface area contributed by atoms with Gasteiger partial charge in [0.15, 0.2) is 0 Å². The lowest BCUT2D eigenvalue weighted by Gasteiger charge is -2.32. The summed E-state index contributed by atoms with van der Waals surface area (Å²) in [5.41, 5.74) is 1.11. The lowest BCUT2D eigenvalue weighted by atomic mass is 9.88. The number of amides is 1. The molecule has 0 aromatic carbocycles. The highest BCUT2D eigenvalue weighted by molar-refractivity contribution is 5.77. The van der Waals surface area contributed by atoms with Gasteiger partial charge in [0.1, 0.15) is 6.61 Å². The van der Waals surface area contributed by atoms with E-state index in [0.717, 1.165) is 44.6 Å². The lowest BCUT2D eigenvalue weighted by molar-refractivity contribution is -0.130. The van der Waals surface area contributed by atoms with E-state index in [9.17, 15) is 4.79 Å². The van der Waals surface area contributed by atoms with E-state index < -0.39 is 0 Å². The van der Waals surface area contributed by atoms with E-state index >= 15 is 0 Å². The second-order valence-corrected chi connectivity index (χ2v) is 7.55. The lowest BCUT2D eigenvalue weighted by Crippen LogP contribution is -2.45. The van der Waals surface area contributed by atoms with Gasteiger partial charge < -0.3 is 10.1 Å². The Kier molecular flexibility index (Phi) is 6.82. The minimum Gasteiger partial charge on any atom is -0.368 e. The van der Waals surface area contributed by atoms with Crippen LogP contribution in [0.15, 0.2) is 24.4 Å². The fourth-order valence-electron chi connectivity index (χ4n) is 3.94. The van der Waals surface area contributed by atoms with E-state index in [0.29, 0.717) is 5.92 Å². The maximum Gasteiger partial charge on any atom is 0.246 e. The van der Waals surface area contributed by atoms with Crippen molar-refractivity contribution in [1.29, 1.82) is 0 Å². The number of nitrogens with zero attached hydrogens (tertiary/aromatic N) is 2. The van der Waals surface area contributed by atoms with E-state index in [4.69, 9.17) is 4.74 Å². The maximum absolute atomic E-state index is 12.2. The highest BCUT2D eigenvalue weighted by atomic mass is 16.5. The van der Waals surface area contributed by atoms with Crippen LogP contribution in [0.4, 0.5) is 0 Å². The van der Waals surface area contributed by atoms with Crippen molar-refractivity contribution in [2.45, 2.75) is 64.1 Å². The number of carbonyl (C=O) groups is 1. The van der Waals surface area contributed by atoms with Gasteiger partial charge in [-0.05, 0) is 43.7 Å². The normalized spacial score (nSPS) is 25.6. The van der Waals surface area contributed by atoms with Gasteiger partial charge in [-0.25, -0.2) is 0 Å². The molecule has 2 atom stereocenters. The molecule has 0 spiro atoms. The fourth-order valence-corrected chi connectivity index (χ4v) is 3.94. The fraction of sp³-hybridized carbons (Fsp3) is 0.700. The number of nitrogens with one attached hydrogen (secondary N) is 1. The number of hydrogen-bond acceptors (Lipinski definition) is 4. The predicted molar refractivity (Wildman–Crippen MR) is 98.1 cm³/mol. The molecule has 1 aromatic rings. The zero-order valence-electron chi connectivity index (χ0n) is 15.3. The minimum atomic E-state index is 0.0425. The molecule has 0 bridgehead atoms. The second kappa shape index (κ2) is 9.30. The Morgan fingerprint density at radius 3 is 2.76 bits per heavy atom. The summed E-state index contributed by atoms with van der Waals surface area (Å²) in [7, 11) is 0. The van der Waals surface area contributed by atoms with E-state index in [1.807, 2.05) is 18.3 Å². The highest BCUT2D eigenvalue weighted by Gasteiger charge is 2.24. The van der Waals surface area contributed by atoms with Crippen molar-refractivity contribution < 1.29 is 9.53 Å². The van der Waals surface area contributed by atoms with Crippen LogP contribution in [0.3, 0.4) is 0 Å². The molecule has 2 heterocycles. The molecule has 1 aromatic heterocycles. The average molecular weight is 345 g/mol. The van der Waals surface area contributed by atoms with Crippen LogP contribution >= 0.6 is 0 Å². The molecule has 1 saturated carbocycles. The van der Waals surface area contributed by atoms with Crippen molar-refractivity contribution in [3.8, 4) is 0 Å². The summed E-state index contributed by atoms with van der Waals surface area (Å²) in [5, 5.41) is 3.15. The Bertz CT molecular complexity index is 529. The quantitative estimate of drug-likeness (QED) is 0.861. The van der Waals surface area contributed by atoms with E-state index in [2.05, 4.69) is 28.2 Å². The van der Waals surface area contributed by atoms with Gasteiger partial charge in [-0.1, -0.05) is 25.8 Å². The monoisotopic (exact) mass is 345 g/mol. The Morgan fingerprint density at radius 2 is 2.04 bits per heavy atom. The second-order valence-electron chi connectivity index (χ2n) is 7.55. The third-order valence-electron chi connectivity index (χ3n) is 5.53. The molecular weight excluding hydrogens is 314 g/mol. The molecule has 3 rings (SSSR count). The molecule has 5 nitrogen and oxygen atoms in total. The first-order valence-corrected chi connectivity index (χ1v) is 9.74. The van der Waals surface area contributed by atoms with Crippen LogP contribution in [-0.2, 0) is 16.1 Å². The molecule has 1 N–H and O–H groups in total. The summed E-state index contributed by atoms with van der Waals surface area (Å²) in [6.07, 6.45) is 8.95. The molecule has 25 heavy (non-hydrogen) atoms. The standard InChI is InChI=1S/C20H31N3O2/c1-16-6-2-3-8-19(16)25-15-20(24)22-17-9-12-23(13-10-17)14-18-7-4-5-11-21-18/h4-5,7,11,16-17,19H,2-3,6,8-10,12-15H2,1H3,(H,22,24)/t16-,19-/m0/s1. The number of piperidine rings is 1. The molecular formula is C20H31N3O2. The summed E-state index contributed by atoms with van der Waals surface area (Å²) < 4.78 is 5.87. The van der Waals surface area contributed by atoms with Crippen molar-refractivity contribution in [1.82, 2.24) is 15.2 Å². The molecule has 138 valence electrons. The van der Waals surface area contributed by atoms with Crippen LogP contribution < -0.4 is 5.32 Å². The first-order valence-electron chi connectivity index (χ1n) is 9.74. The van der Waals surface area contributed by atoms with Crippen LogP contribution in [0, 0.1) is 5.92 Å². The molecule has 5 heteroatoms. The first kappa shape index (κ1) is 18.3. The van der Waals surface area contributed by atoms with Gasteiger partial charge in [-0.2, -0.15) is 0 Å². The summed E-state index contributed by atoms with van der Waals surface area (Å²) >= 11 is 0. The van der Waals surface area contributed by atoms with Crippen molar-refractivity contribution >= 4 is 5.91 Å². The summed E-state index contributed by atoms with van der Waals surface area (Å²) in [5.74, 6) is 0.623. The number of likely N-dealkylation sites (tertiary alicyclic amines) is 1. The van der Waals surface area contributed by atoms with E-state index in [1.165, 1.54) is 19.3 Å². The van der Waals surface area contributed by atoms with Gasteiger partial charge in [-0.15, -0.1) is 0 Å². The maximum atomic E-state index is 12.2.